The van der Waals surface area contributed by atoms with Crippen molar-refractivity contribution in [3.05, 3.63) is 77.9 Å². The lowest BCUT2D eigenvalue weighted by atomic mass is 10.1. The largest absolute Gasteiger partial charge is 0.388 e. The summed E-state index contributed by atoms with van der Waals surface area (Å²) >= 11 is 0. The van der Waals surface area contributed by atoms with E-state index >= 15 is 0 Å². The average Bonchev–Trinajstić information content (AvgIpc) is 3.46. The first kappa shape index (κ1) is 20.6. The van der Waals surface area contributed by atoms with E-state index in [1.165, 1.54) is 12.4 Å². The molecule has 0 bridgehead atoms. The maximum absolute atomic E-state index is 14.5. The van der Waals surface area contributed by atoms with Crippen molar-refractivity contribution in [3.8, 4) is 22.6 Å². The van der Waals surface area contributed by atoms with Crippen molar-refractivity contribution in [1.29, 1.82) is 0 Å². The van der Waals surface area contributed by atoms with Crippen LogP contribution in [0.2, 0.25) is 0 Å². The number of anilines is 2. The highest BCUT2D eigenvalue weighted by atomic mass is 19.1. The first-order chi connectivity index (χ1) is 16.1. The molecule has 0 atom stereocenters. The van der Waals surface area contributed by atoms with Crippen LogP contribution in [0.1, 0.15) is 17.1 Å². The van der Waals surface area contributed by atoms with E-state index in [2.05, 4.69) is 25.7 Å². The van der Waals surface area contributed by atoms with Gasteiger partial charge in [0.15, 0.2) is 5.65 Å². The van der Waals surface area contributed by atoms with Gasteiger partial charge < -0.3 is 15.6 Å². The zero-order chi connectivity index (χ0) is 22.9. The standard InChI is InChI=1S/C24H23FN8/c1-14-5-4-6-19(30-14)24-22(15-7-10-21-28-13-29-33(21)12-15)31-20(32-24)11-16-18(26-2)9-8-17(25)23(16)27-3/h4-10,12-13,26-27H,11H2,1-3H3,(H,31,32). The summed E-state index contributed by atoms with van der Waals surface area (Å²) < 4.78 is 16.2. The second-order valence-electron chi connectivity index (χ2n) is 7.68. The molecule has 8 nitrogen and oxygen atoms in total. The minimum absolute atomic E-state index is 0.310. The Labute approximate surface area is 190 Å². The number of aryl methyl sites for hydroxylation is 1. The third-order valence-corrected chi connectivity index (χ3v) is 5.57. The maximum atomic E-state index is 14.5. The normalized spacial score (nSPS) is 11.2. The fourth-order valence-corrected chi connectivity index (χ4v) is 4.01. The van der Waals surface area contributed by atoms with Crippen LogP contribution in [0.25, 0.3) is 28.3 Å². The highest BCUT2D eigenvalue weighted by Crippen LogP contribution is 2.33. The van der Waals surface area contributed by atoms with Gasteiger partial charge in [-0.05, 0) is 43.3 Å². The van der Waals surface area contributed by atoms with Gasteiger partial charge in [0, 0.05) is 49.2 Å². The predicted octanol–water partition coefficient (Wildman–Crippen LogP) is 4.30. The Morgan fingerprint density at radius 1 is 1.03 bits per heavy atom. The first-order valence-electron chi connectivity index (χ1n) is 10.6. The molecule has 33 heavy (non-hydrogen) atoms. The van der Waals surface area contributed by atoms with Gasteiger partial charge in [-0.1, -0.05) is 6.07 Å². The van der Waals surface area contributed by atoms with Crippen molar-refractivity contribution >= 4 is 17.0 Å². The number of benzene rings is 1. The Bertz CT molecular complexity index is 1450. The molecule has 0 aliphatic rings. The van der Waals surface area contributed by atoms with Crippen molar-refractivity contribution < 1.29 is 4.39 Å². The van der Waals surface area contributed by atoms with Gasteiger partial charge in [0.05, 0.1) is 22.8 Å². The van der Waals surface area contributed by atoms with E-state index in [0.29, 0.717) is 17.9 Å². The lowest BCUT2D eigenvalue weighted by Crippen LogP contribution is -2.05. The molecule has 0 fully saturated rings. The number of H-pyrrole nitrogens is 1. The fourth-order valence-electron chi connectivity index (χ4n) is 4.01. The molecule has 9 heteroatoms. The molecular formula is C24H23FN8. The number of nitrogens with zero attached hydrogens (tertiary/aromatic N) is 5. The molecule has 0 amide bonds. The Balaban J connectivity index is 1.66. The van der Waals surface area contributed by atoms with Gasteiger partial charge in [-0.25, -0.2) is 18.9 Å². The van der Waals surface area contributed by atoms with Crippen LogP contribution in [0.3, 0.4) is 0 Å². The van der Waals surface area contributed by atoms with Crippen LogP contribution >= 0.6 is 0 Å². The minimum atomic E-state index is -0.310. The van der Waals surface area contributed by atoms with E-state index in [4.69, 9.17) is 9.97 Å². The highest BCUT2D eigenvalue weighted by molar-refractivity contribution is 5.77. The highest BCUT2D eigenvalue weighted by Gasteiger charge is 2.19. The number of aromatic nitrogens is 6. The summed E-state index contributed by atoms with van der Waals surface area (Å²) in [6, 6.07) is 12.9. The molecule has 0 aliphatic heterocycles. The number of aromatic amines is 1. The third kappa shape index (κ3) is 3.78. The number of fused-ring (bicyclic) bond motifs is 1. The number of imidazole rings is 1. The minimum Gasteiger partial charge on any atom is -0.388 e. The van der Waals surface area contributed by atoms with E-state index in [1.807, 2.05) is 50.5 Å². The molecule has 5 aromatic rings. The summed E-state index contributed by atoms with van der Waals surface area (Å²) in [6.45, 7) is 1.95. The first-order valence-corrected chi connectivity index (χ1v) is 10.6. The second-order valence-corrected chi connectivity index (χ2v) is 7.68. The van der Waals surface area contributed by atoms with Crippen LogP contribution in [0.4, 0.5) is 15.8 Å². The van der Waals surface area contributed by atoms with Crippen LogP contribution in [0.5, 0.6) is 0 Å². The number of hydrogen-bond acceptors (Lipinski definition) is 6. The van der Waals surface area contributed by atoms with E-state index in [1.54, 1.807) is 17.6 Å². The molecule has 3 N–H and O–H groups in total. The molecule has 0 spiro atoms. The zero-order valence-electron chi connectivity index (χ0n) is 18.5. The number of hydrogen-bond donors (Lipinski definition) is 3. The number of rotatable bonds is 6. The predicted molar refractivity (Wildman–Crippen MR) is 127 cm³/mol. The van der Waals surface area contributed by atoms with E-state index < -0.39 is 0 Å². The summed E-state index contributed by atoms with van der Waals surface area (Å²) in [4.78, 5) is 17.3. The van der Waals surface area contributed by atoms with Crippen molar-refractivity contribution in [3.63, 3.8) is 0 Å². The van der Waals surface area contributed by atoms with Crippen LogP contribution < -0.4 is 10.6 Å². The Morgan fingerprint density at radius 3 is 2.70 bits per heavy atom. The molecule has 0 aliphatic carbocycles. The fraction of sp³-hybridized carbons (Fsp3) is 0.167. The molecule has 0 unspecified atom stereocenters. The topological polar surface area (TPSA) is 95.8 Å². The van der Waals surface area contributed by atoms with Crippen LogP contribution in [-0.2, 0) is 6.42 Å². The molecule has 4 heterocycles. The number of halogens is 1. The van der Waals surface area contributed by atoms with Crippen molar-refractivity contribution in [1.82, 2.24) is 29.5 Å². The molecular weight excluding hydrogens is 419 g/mol. The monoisotopic (exact) mass is 442 g/mol. The molecule has 0 saturated heterocycles. The van der Waals surface area contributed by atoms with Gasteiger partial charge in [-0.3, -0.25) is 4.98 Å². The lowest BCUT2D eigenvalue weighted by molar-refractivity contribution is 0.630. The molecule has 0 saturated carbocycles. The Kier molecular flexibility index (Phi) is 5.21. The van der Waals surface area contributed by atoms with Crippen molar-refractivity contribution in [2.75, 3.05) is 24.7 Å². The molecule has 1 aromatic carbocycles. The Hall–Kier alpha value is -4.27. The van der Waals surface area contributed by atoms with Crippen LogP contribution in [0.15, 0.2) is 55.0 Å². The van der Waals surface area contributed by atoms with Crippen molar-refractivity contribution in [2.24, 2.45) is 0 Å². The molecule has 5 rings (SSSR count). The number of nitrogens with one attached hydrogen (secondary N) is 3. The summed E-state index contributed by atoms with van der Waals surface area (Å²) in [5.41, 5.74) is 6.91. The van der Waals surface area contributed by atoms with Gasteiger partial charge in [0.25, 0.3) is 0 Å². The summed E-state index contributed by atoms with van der Waals surface area (Å²) in [5, 5.41) is 10.4. The average molecular weight is 443 g/mol. The van der Waals surface area contributed by atoms with Gasteiger partial charge in [-0.15, -0.1) is 0 Å². The van der Waals surface area contributed by atoms with Gasteiger partial charge in [-0.2, -0.15) is 5.10 Å². The number of pyridine rings is 2. The molecule has 4 aromatic heterocycles. The third-order valence-electron chi connectivity index (χ3n) is 5.57. The quantitative estimate of drug-likeness (QED) is 0.363. The molecule has 166 valence electrons. The second kappa shape index (κ2) is 8.34. The van der Waals surface area contributed by atoms with Gasteiger partial charge >= 0.3 is 0 Å². The van der Waals surface area contributed by atoms with E-state index in [0.717, 1.165) is 45.2 Å². The summed E-state index contributed by atoms with van der Waals surface area (Å²) in [5.74, 6) is 0.385. The Morgan fingerprint density at radius 2 is 1.91 bits per heavy atom. The summed E-state index contributed by atoms with van der Waals surface area (Å²) in [6.07, 6.45) is 3.80. The summed E-state index contributed by atoms with van der Waals surface area (Å²) in [7, 11) is 3.53. The maximum Gasteiger partial charge on any atom is 0.155 e. The van der Waals surface area contributed by atoms with E-state index in [-0.39, 0.29) is 5.82 Å². The van der Waals surface area contributed by atoms with Gasteiger partial charge in [0.1, 0.15) is 18.0 Å². The zero-order valence-corrected chi connectivity index (χ0v) is 18.5. The van der Waals surface area contributed by atoms with Crippen LogP contribution in [0, 0.1) is 12.7 Å². The lowest BCUT2D eigenvalue weighted by Gasteiger charge is -2.14. The SMILES string of the molecule is CNc1ccc(F)c(NC)c1Cc1nc(-c2ccc3ncnn3c2)c(-c2cccc(C)n2)[nH]1. The van der Waals surface area contributed by atoms with Gasteiger partial charge in [0.2, 0.25) is 0 Å². The van der Waals surface area contributed by atoms with Crippen molar-refractivity contribution in [2.45, 2.75) is 13.3 Å². The van der Waals surface area contributed by atoms with E-state index in [9.17, 15) is 4.39 Å². The molecule has 0 radical (unpaired) electrons. The van der Waals surface area contributed by atoms with Crippen LogP contribution in [-0.4, -0.2) is 43.6 Å². The smallest absolute Gasteiger partial charge is 0.155 e.